The summed E-state index contributed by atoms with van der Waals surface area (Å²) in [5, 5.41) is 9.26. The number of esters is 1. The van der Waals surface area contributed by atoms with Gasteiger partial charge in [0.1, 0.15) is 6.07 Å². The number of ether oxygens (including phenoxy) is 1. The van der Waals surface area contributed by atoms with E-state index in [1.807, 2.05) is 60.3 Å². The zero-order valence-corrected chi connectivity index (χ0v) is 13.4. The highest BCUT2D eigenvalue weighted by molar-refractivity contribution is 5.96. The van der Waals surface area contributed by atoms with E-state index in [1.54, 1.807) is 10.8 Å². The molecule has 0 bridgehead atoms. The number of hydrogen-bond donors (Lipinski definition) is 1. The van der Waals surface area contributed by atoms with E-state index in [9.17, 15) is 10.1 Å². The van der Waals surface area contributed by atoms with Crippen molar-refractivity contribution in [3.8, 4) is 17.4 Å². The molecule has 0 saturated heterocycles. The van der Waals surface area contributed by atoms with Crippen molar-refractivity contribution in [3.63, 3.8) is 0 Å². The molecule has 2 aromatic heterocycles. The average Bonchev–Trinajstić information content (AvgIpc) is 3.22. The van der Waals surface area contributed by atoms with Gasteiger partial charge in [0, 0.05) is 18.6 Å². The van der Waals surface area contributed by atoms with E-state index in [0.29, 0.717) is 0 Å². The predicted octanol–water partition coefficient (Wildman–Crippen LogP) is 2.82. The summed E-state index contributed by atoms with van der Waals surface area (Å²) in [6, 6.07) is 11.7. The minimum atomic E-state index is -0.589. The van der Waals surface area contributed by atoms with E-state index >= 15 is 0 Å². The Hall–Kier alpha value is -3.46. The summed E-state index contributed by atoms with van der Waals surface area (Å²) in [5.41, 5.74) is 9.09. The molecule has 2 heterocycles. The second kappa shape index (κ2) is 5.97. The Balaban J connectivity index is 2.33. The van der Waals surface area contributed by atoms with Crippen molar-refractivity contribution in [1.82, 2.24) is 9.13 Å². The normalized spacial score (nSPS) is 10.4. The number of nitrogens with two attached hydrogens (primary N) is 1. The molecule has 0 aliphatic carbocycles. The van der Waals surface area contributed by atoms with Crippen LogP contribution in [0.25, 0.3) is 11.4 Å². The van der Waals surface area contributed by atoms with Gasteiger partial charge in [-0.1, -0.05) is 6.07 Å². The fourth-order valence-electron chi connectivity index (χ4n) is 2.64. The predicted molar refractivity (Wildman–Crippen MR) is 90.3 cm³/mol. The summed E-state index contributed by atoms with van der Waals surface area (Å²) >= 11 is 0. The van der Waals surface area contributed by atoms with Crippen LogP contribution >= 0.6 is 0 Å². The zero-order chi connectivity index (χ0) is 17.3. The van der Waals surface area contributed by atoms with Crippen molar-refractivity contribution >= 4 is 11.7 Å². The highest BCUT2D eigenvalue weighted by atomic mass is 16.5. The molecule has 3 rings (SSSR count). The van der Waals surface area contributed by atoms with Crippen molar-refractivity contribution in [2.75, 3.05) is 12.8 Å². The first-order valence-corrected chi connectivity index (χ1v) is 7.30. The second-order valence-corrected chi connectivity index (χ2v) is 5.36. The maximum atomic E-state index is 12.2. The summed E-state index contributed by atoms with van der Waals surface area (Å²) in [4.78, 5) is 12.2. The lowest BCUT2D eigenvalue weighted by atomic mass is 10.2. The van der Waals surface area contributed by atoms with Gasteiger partial charge in [-0.3, -0.25) is 0 Å². The monoisotopic (exact) mass is 320 g/mol. The van der Waals surface area contributed by atoms with Crippen molar-refractivity contribution in [3.05, 3.63) is 65.7 Å². The third-order valence-electron chi connectivity index (χ3n) is 3.82. The van der Waals surface area contributed by atoms with Crippen molar-refractivity contribution < 1.29 is 9.53 Å². The van der Waals surface area contributed by atoms with Gasteiger partial charge < -0.3 is 19.6 Å². The SMILES string of the molecule is COC(=O)c1c(N)c(C#N)cn1-c1cc(C)ccc1-n1cccc1. The zero-order valence-electron chi connectivity index (χ0n) is 13.4. The molecule has 6 nitrogen and oxygen atoms in total. The molecule has 0 amide bonds. The lowest BCUT2D eigenvalue weighted by Crippen LogP contribution is -2.12. The molecule has 0 unspecified atom stereocenters. The fourth-order valence-corrected chi connectivity index (χ4v) is 2.64. The average molecular weight is 320 g/mol. The maximum Gasteiger partial charge on any atom is 0.357 e. The molecular weight excluding hydrogens is 304 g/mol. The van der Waals surface area contributed by atoms with Gasteiger partial charge in [0.25, 0.3) is 0 Å². The van der Waals surface area contributed by atoms with Crippen LogP contribution in [0.1, 0.15) is 21.6 Å². The van der Waals surface area contributed by atoms with Gasteiger partial charge in [-0.25, -0.2) is 4.79 Å². The quantitative estimate of drug-likeness (QED) is 0.752. The van der Waals surface area contributed by atoms with Gasteiger partial charge in [-0.15, -0.1) is 0 Å². The Bertz CT molecular complexity index is 946. The van der Waals surface area contributed by atoms with E-state index < -0.39 is 5.97 Å². The third-order valence-corrected chi connectivity index (χ3v) is 3.82. The number of methoxy groups -OCH3 is 1. The van der Waals surface area contributed by atoms with Crippen molar-refractivity contribution in [2.45, 2.75) is 6.92 Å². The molecule has 0 aliphatic rings. The molecule has 0 spiro atoms. The summed E-state index contributed by atoms with van der Waals surface area (Å²) in [6.45, 7) is 1.96. The van der Waals surface area contributed by atoms with E-state index in [-0.39, 0.29) is 16.9 Å². The van der Waals surface area contributed by atoms with Crippen LogP contribution < -0.4 is 5.73 Å². The Morgan fingerprint density at radius 1 is 1.25 bits per heavy atom. The Morgan fingerprint density at radius 3 is 2.58 bits per heavy atom. The molecule has 6 heteroatoms. The number of nitrogen functional groups attached to an aromatic ring is 1. The van der Waals surface area contributed by atoms with Crippen LogP contribution in [0.4, 0.5) is 5.69 Å². The molecule has 0 saturated carbocycles. The molecule has 0 fully saturated rings. The fraction of sp³-hybridized carbons (Fsp3) is 0.111. The van der Waals surface area contributed by atoms with Crippen LogP contribution in [0.5, 0.6) is 0 Å². The van der Waals surface area contributed by atoms with E-state index in [2.05, 4.69) is 0 Å². The van der Waals surface area contributed by atoms with Gasteiger partial charge in [0.2, 0.25) is 0 Å². The van der Waals surface area contributed by atoms with Crippen LogP contribution in [-0.4, -0.2) is 22.2 Å². The number of benzene rings is 1. The number of aromatic nitrogens is 2. The summed E-state index contributed by atoms with van der Waals surface area (Å²) in [5.74, 6) is -0.589. The van der Waals surface area contributed by atoms with Crippen molar-refractivity contribution in [1.29, 1.82) is 5.26 Å². The molecule has 0 atom stereocenters. The summed E-state index contributed by atoms with van der Waals surface area (Å²) < 4.78 is 8.38. The van der Waals surface area contributed by atoms with E-state index in [4.69, 9.17) is 10.5 Å². The maximum absolute atomic E-state index is 12.2. The van der Waals surface area contributed by atoms with Crippen LogP contribution in [-0.2, 0) is 4.74 Å². The van der Waals surface area contributed by atoms with Gasteiger partial charge in [0.15, 0.2) is 5.69 Å². The molecule has 24 heavy (non-hydrogen) atoms. The standard InChI is InChI=1S/C18H16N4O2/c1-12-5-6-14(21-7-3-4-8-21)15(9-12)22-11-13(10-19)16(20)17(22)18(23)24-2/h3-9,11H,20H2,1-2H3. The summed E-state index contributed by atoms with van der Waals surface area (Å²) in [7, 11) is 1.29. The molecule has 1 aromatic carbocycles. The number of anilines is 1. The second-order valence-electron chi connectivity index (χ2n) is 5.36. The number of rotatable bonds is 3. The highest BCUT2D eigenvalue weighted by Crippen LogP contribution is 2.29. The largest absolute Gasteiger partial charge is 0.464 e. The van der Waals surface area contributed by atoms with Crippen LogP contribution in [0.15, 0.2) is 48.9 Å². The molecule has 0 radical (unpaired) electrons. The first-order valence-electron chi connectivity index (χ1n) is 7.30. The van der Waals surface area contributed by atoms with Gasteiger partial charge in [-0.2, -0.15) is 5.26 Å². The topological polar surface area (TPSA) is 86.0 Å². The number of hydrogen-bond acceptors (Lipinski definition) is 4. The Labute approximate surface area is 139 Å². The summed E-state index contributed by atoms with van der Waals surface area (Å²) in [6.07, 6.45) is 5.37. The van der Waals surface area contributed by atoms with Crippen LogP contribution in [0.3, 0.4) is 0 Å². The van der Waals surface area contributed by atoms with E-state index in [0.717, 1.165) is 16.9 Å². The number of nitriles is 1. The highest BCUT2D eigenvalue weighted by Gasteiger charge is 2.23. The van der Waals surface area contributed by atoms with E-state index in [1.165, 1.54) is 7.11 Å². The number of nitrogens with zero attached hydrogens (tertiary/aromatic N) is 3. The number of carbonyl (C=O) groups is 1. The smallest absolute Gasteiger partial charge is 0.357 e. The minimum absolute atomic E-state index is 0.115. The first-order chi connectivity index (χ1) is 11.6. The Kier molecular flexibility index (Phi) is 3.84. The third kappa shape index (κ3) is 2.42. The minimum Gasteiger partial charge on any atom is -0.464 e. The molecule has 2 N–H and O–H groups in total. The van der Waals surface area contributed by atoms with Gasteiger partial charge in [-0.05, 0) is 36.8 Å². The Morgan fingerprint density at radius 2 is 1.96 bits per heavy atom. The van der Waals surface area contributed by atoms with Crippen LogP contribution in [0.2, 0.25) is 0 Å². The van der Waals surface area contributed by atoms with Gasteiger partial charge in [0.05, 0.1) is 29.7 Å². The van der Waals surface area contributed by atoms with Gasteiger partial charge >= 0.3 is 5.97 Å². The van der Waals surface area contributed by atoms with Crippen molar-refractivity contribution in [2.24, 2.45) is 0 Å². The number of carbonyl (C=O) groups excluding carboxylic acids is 1. The molecule has 120 valence electrons. The first kappa shape index (κ1) is 15.4. The number of aryl methyl sites for hydroxylation is 1. The molecule has 0 aliphatic heterocycles. The molecular formula is C18H16N4O2. The molecule has 3 aromatic rings. The lowest BCUT2D eigenvalue weighted by molar-refractivity contribution is 0.0593. The lowest BCUT2D eigenvalue weighted by Gasteiger charge is -2.15. The van der Waals surface area contributed by atoms with Crippen LogP contribution in [0, 0.1) is 18.3 Å².